The van der Waals surface area contributed by atoms with Crippen molar-refractivity contribution in [1.29, 1.82) is 0 Å². The fraction of sp³-hybridized carbons (Fsp3) is 0.333. The number of benzene rings is 2. The van der Waals surface area contributed by atoms with E-state index in [0.29, 0.717) is 11.3 Å². The zero-order chi connectivity index (χ0) is 20.1. The standard InChI is InChI=1S/C21H24N2O3S2/c1-3-17-11-8-12-18-20(17)23(4-2)21(27-18)22-19(24)13-14-28(25,26)15-16-9-6-5-7-10-16/h5-12H,3-4,13-15H2,1-2H3. The highest BCUT2D eigenvalue weighted by Gasteiger charge is 2.15. The third-order valence-corrected chi connectivity index (χ3v) is 7.20. The average molecular weight is 417 g/mol. The Morgan fingerprint density at radius 2 is 1.82 bits per heavy atom. The SMILES string of the molecule is CCc1cccc2sc(=NC(=O)CCS(=O)(=O)Cc3ccccc3)n(CC)c12. The summed E-state index contributed by atoms with van der Waals surface area (Å²) in [6.07, 6.45) is 0.799. The highest BCUT2D eigenvalue weighted by atomic mass is 32.2. The summed E-state index contributed by atoms with van der Waals surface area (Å²) in [6.45, 7) is 4.83. The summed E-state index contributed by atoms with van der Waals surface area (Å²) in [5, 5.41) is 0. The lowest BCUT2D eigenvalue weighted by atomic mass is 10.1. The molecular weight excluding hydrogens is 392 g/mol. The third kappa shape index (κ3) is 4.77. The first-order chi connectivity index (χ1) is 13.4. The Labute approximate surface area is 169 Å². The minimum Gasteiger partial charge on any atom is -0.316 e. The van der Waals surface area contributed by atoms with Crippen molar-refractivity contribution in [2.24, 2.45) is 4.99 Å². The highest BCUT2D eigenvalue weighted by Crippen LogP contribution is 2.22. The van der Waals surface area contributed by atoms with Crippen LogP contribution in [0.2, 0.25) is 0 Å². The molecule has 3 aromatic rings. The van der Waals surface area contributed by atoms with Crippen molar-refractivity contribution in [3.05, 3.63) is 64.5 Å². The molecule has 0 saturated heterocycles. The van der Waals surface area contributed by atoms with Crippen LogP contribution in [0.25, 0.3) is 10.2 Å². The molecule has 3 rings (SSSR count). The normalized spacial score (nSPS) is 12.6. The second kappa shape index (κ2) is 8.84. The molecule has 2 aromatic carbocycles. The van der Waals surface area contributed by atoms with E-state index in [0.717, 1.165) is 22.2 Å². The van der Waals surface area contributed by atoms with Gasteiger partial charge in [-0.1, -0.05) is 60.7 Å². The Bertz CT molecular complexity index is 1140. The van der Waals surface area contributed by atoms with Crippen LogP contribution in [0.5, 0.6) is 0 Å². The number of hydrogen-bond donors (Lipinski definition) is 0. The summed E-state index contributed by atoms with van der Waals surface area (Å²) >= 11 is 1.47. The molecule has 0 fully saturated rings. The van der Waals surface area contributed by atoms with Gasteiger partial charge in [-0.25, -0.2) is 8.42 Å². The van der Waals surface area contributed by atoms with Gasteiger partial charge in [0.05, 0.1) is 21.7 Å². The van der Waals surface area contributed by atoms with Crippen LogP contribution in [0.15, 0.2) is 53.5 Å². The first-order valence-corrected chi connectivity index (χ1v) is 12.0. The van der Waals surface area contributed by atoms with Gasteiger partial charge in [0.15, 0.2) is 14.6 Å². The molecule has 0 spiro atoms. The van der Waals surface area contributed by atoms with Crippen LogP contribution in [-0.2, 0) is 33.4 Å². The lowest BCUT2D eigenvalue weighted by Gasteiger charge is -2.05. The third-order valence-electron chi connectivity index (χ3n) is 4.56. The van der Waals surface area contributed by atoms with Gasteiger partial charge in [-0.2, -0.15) is 4.99 Å². The van der Waals surface area contributed by atoms with Gasteiger partial charge in [0.2, 0.25) is 5.91 Å². The van der Waals surface area contributed by atoms with E-state index in [4.69, 9.17) is 0 Å². The quantitative estimate of drug-likeness (QED) is 0.589. The number of hydrogen-bond acceptors (Lipinski definition) is 4. The number of sulfone groups is 1. The largest absolute Gasteiger partial charge is 0.316 e. The lowest BCUT2D eigenvalue weighted by Crippen LogP contribution is -2.18. The first kappa shape index (κ1) is 20.5. The number of nitrogens with zero attached hydrogens (tertiary/aromatic N) is 2. The summed E-state index contributed by atoms with van der Waals surface area (Å²) in [7, 11) is -3.36. The Morgan fingerprint density at radius 1 is 1.07 bits per heavy atom. The highest BCUT2D eigenvalue weighted by molar-refractivity contribution is 7.90. The smallest absolute Gasteiger partial charge is 0.249 e. The number of fused-ring (bicyclic) bond motifs is 1. The molecule has 0 N–H and O–H groups in total. The van der Waals surface area contributed by atoms with Crippen molar-refractivity contribution >= 4 is 37.3 Å². The molecule has 7 heteroatoms. The number of para-hydroxylation sites is 1. The second-order valence-corrected chi connectivity index (χ2v) is 9.77. The van der Waals surface area contributed by atoms with Crippen LogP contribution < -0.4 is 4.80 Å². The number of thiazole rings is 1. The fourth-order valence-electron chi connectivity index (χ4n) is 3.17. The second-order valence-electron chi connectivity index (χ2n) is 6.58. The van der Waals surface area contributed by atoms with Gasteiger partial charge in [-0.15, -0.1) is 0 Å². The Balaban J connectivity index is 1.79. The molecule has 0 aliphatic rings. The molecule has 148 valence electrons. The maximum absolute atomic E-state index is 12.4. The van der Waals surface area contributed by atoms with E-state index < -0.39 is 15.7 Å². The summed E-state index contributed by atoms with van der Waals surface area (Å²) in [5.41, 5.74) is 3.06. The summed E-state index contributed by atoms with van der Waals surface area (Å²) in [5.74, 6) is -0.649. The van der Waals surface area contributed by atoms with Crippen LogP contribution in [0.3, 0.4) is 0 Å². The van der Waals surface area contributed by atoms with E-state index in [2.05, 4.69) is 18.0 Å². The van der Waals surface area contributed by atoms with Gasteiger partial charge < -0.3 is 4.57 Å². The zero-order valence-corrected chi connectivity index (χ0v) is 17.7. The summed E-state index contributed by atoms with van der Waals surface area (Å²) < 4.78 is 27.7. The number of aryl methyl sites for hydroxylation is 2. The first-order valence-electron chi connectivity index (χ1n) is 9.36. The van der Waals surface area contributed by atoms with Crippen LogP contribution in [-0.4, -0.2) is 24.6 Å². The van der Waals surface area contributed by atoms with Crippen molar-refractivity contribution in [2.45, 2.75) is 39.0 Å². The number of carbonyl (C=O) groups excluding carboxylic acids is 1. The molecule has 5 nitrogen and oxygen atoms in total. The van der Waals surface area contributed by atoms with Gasteiger partial charge in [0.1, 0.15) is 0 Å². The van der Waals surface area contributed by atoms with Crippen molar-refractivity contribution in [1.82, 2.24) is 4.57 Å². The van der Waals surface area contributed by atoms with E-state index in [1.54, 1.807) is 24.3 Å². The molecule has 0 radical (unpaired) electrons. The van der Waals surface area contributed by atoms with E-state index in [9.17, 15) is 13.2 Å². The monoisotopic (exact) mass is 416 g/mol. The summed E-state index contributed by atoms with van der Waals surface area (Å²) in [4.78, 5) is 17.2. The predicted octanol–water partition coefficient (Wildman–Crippen LogP) is 3.72. The molecule has 0 atom stereocenters. The molecule has 0 bridgehead atoms. The van der Waals surface area contributed by atoms with Gasteiger partial charge >= 0.3 is 0 Å². The van der Waals surface area contributed by atoms with Crippen molar-refractivity contribution in [3.63, 3.8) is 0 Å². The van der Waals surface area contributed by atoms with Crippen LogP contribution in [0.1, 0.15) is 31.4 Å². The van der Waals surface area contributed by atoms with Gasteiger partial charge in [0.25, 0.3) is 0 Å². The molecule has 0 aliphatic heterocycles. The molecule has 1 aromatic heterocycles. The summed E-state index contributed by atoms with van der Waals surface area (Å²) in [6, 6.07) is 15.1. The lowest BCUT2D eigenvalue weighted by molar-refractivity contribution is -0.117. The Kier molecular flexibility index (Phi) is 6.46. The molecular formula is C21H24N2O3S2. The van der Waals surface area contributed by atoms with Crippen LogP contribution in [0.4, 0.5) is 0 Å². The zero-order valence-electron chi connectivity index (χ0n) is 16.1. The van der Waals surface area contributed by atoms with E-state index in [-0.39, 0.29) is 17.9 Å². The number of carbonyl (C=O) groups is 1. The van der Waals surface area contributed by atoms with Crippen molar-refractivity contribution in [3.8, 4) is 0 Å². The van der Waals surface area contributed by atoms with Gasteiger partial charge in [-0.05, 0) is 30.5 Å². The minimum absolute atomic E-state index is 0.0567. The molecule has 0 saturated carbocycles. The average Bonchev–Trinajstić information content (AvgIpc) is 3.04. The minimum atomic E-state index is -3.36. The van der Waals surface area contributed by atoms with E-state index in [1.807, 2.05) is 29.7 Å². The van der Waals surface area contributed by atoms with Crippen molar-refractivity contribution in [2.75, 3.05) is 5.75 Å². The van der Waals surface area contributed by atoms with E-state index in [1.165, 1.54) is 16.9 Å². The van der Waals surface area contributed by atoms with Gasteiger partial charge in [0, 0.05) is 13.0 Å². The van der Waals surface area contributed by atoms with Crippen molar-refractivity contribution < 1.29 is 13.2 Å². The Hall–Kier alpha value is -2.25. The van der Waals surface area contributed by atoms with E-state index >= 15 is 0 Å². The van der Waals surface area contributed by atoms with Crippen LogP contribution in [0, 0.1) is 0 Å². The number of rotatable bonds is 7. The molecule has 28 heavy (non-hydrogen) atoms. The number of amides is 1. The Morgan fingerprint density at radius 3 is 2.50 bits per heavy atom. The van der Waals surface area contributed by atoms with Gasteiger partial charge in [-0.3, -0.25) is 4.79 Å². The molecule has 0 unspecified atom stereocenters. The van der Waals surface area contributed by atoms with Crippen LogP contribution >= 0.6 is 11.3 Å². The topological polar surface area (TPSA) is 68.5 Å². The fourth-order valence-corrected chi connectivity index (χ4v) is 5.66. The molecule has 1 amide bonds. The number of aromatic nitrogens is 1. The predicted molar refractivity (Wildman–Crippen MR) is 114 cm³/mol. The molecule has 1 heterocycles. The molecule has 0 aliphatic carbocycles. The maximum atomic E-state index is 12.4. The maximum Gasteiger partial charge on any atom is 0.249 e.